The summed E-state index contributed by atoms with van der Waals surface area (Å²) in [5.74, 6) is -0.179. The zero-order valence-electron chi connectivity index (χ0n) is 25.4. The molecule has 0 saturated carbocycles. The second-order valence-electron chi connectivity index (χ2n) is 11.5. The highest BCUT2D eigenvalue weighted by molar-refractivity contribution is 6.06. The van der Waals surface area contributed by atoms with E-state index < -0.39 is 0 Å². The zero-order chi connectivity index (χ0) is 29.8. The van der Waals surface area contributed by atoms with Crippen LogP contribution in [0.4, 0.5) is 17.1 Å². The molecule has 2 aromatic rings. The van der Waals surface area contributed by atoms with Gasteiger partial charge >= 0.3 is 0 Å². The van der Waals surface area contributed by atoms with Gasteiger partial charge in [0, 0.05) is 43.0 Å². The first kappa shape index (κ1) is 31.7. The van der Waals surface area contributed by atoms with Gasteiger partial charge < -0.3 is 26.2 Å². The molecule has 2 aliphatic heterocycles. The van der Waals surface area contributed by atoms with E-state index in [9.17, 15) is 9.59 Å². The molecular formula is C34H47N5O2. The molecular weight excluding hydrogens is 510 g/mol. The lowest BCUT2D eigenvalue weighted by atomic mass is 9.89. The van der Waals surface area contributed by atoms with Crippen LogP contribution in [0.5, 0.6) is 0 Å². The SMILES string of the molecule is C/C=C\C(=C/C=C(C)C)c1ccc(N)c(NC(=O)c2ccc(NC3(C)CCN(C)CC3)cc2)c1.O=CN1CCCC1. The lowest BCUT2D eigenvalue weighted by Crippen LogP contribution is -2.45. The molecule has 2 aliphatic rings. The molecule has 0 aromatic heterocycles. The summed E-state index contributed by atoms with van der Waals surface area (Å²) in [6.07, 6.45) is 13.7. The van der Waals surface area contributed by atoms with Crippen molar-refractivity contribution in [2.75, 3.05) is 49.6 Å². The van der Waals surface area contributed by atoms with E-state index in [1.165, 1.54) is 18.4 Å². The highest BCUT2D eigenvalue weighted by Crippen LogP contribution is 2.28. The van der Waals surface area contributed by atoms with Gasteiger partial charge in [-0.25, -0.2) is 0 Å². The van der Waals surface area contributed by atoms with Crippen molar-refractivity contribution in [1.82, 2.24) is 9.80 Å². The van der Waals surface area contributed by atoms with Gasteiger partial charge in [0.2, 0.25) is 6.41 Å². The van der Waals surface area contributed by atoms with Gasteiger partial charge in [0.05, 0.1) is 11.4 Å². The third-order valence-electron chi connectivity index (χ3n) is 7.55. The zero-order valence-corrected chi connectivity index (χ0v) is 25.4. The molecule has 2 amide bonds. The molecule has 0 radical (unpaired) electrons. The van der Waals surface area contributed by atoms with Crippen LogP contribution in [0.3, 0.4) is 0 Å². The molecule has 0 atom stereocenters. The number of carbonyl (C=O) groups excluding carboxylic acids is 2. The molecule has 0 aliphatic carbocycles. The number of nitrogens with one attached hydrogen (secondary N) is 2. The molecule has 7 nitrogen and oxygen atoms in total. The number of likely N-dealkylation sites (tertiary alicyclic amines) is 2. The summed E-state index contributed by atoms with van der Waals surface area (Å²) < 4.78 is 0. The van der Waals surface area contributed by atoms with Gasteiger partial charge in [-0.15, -0.1) is 0 Å². The van der Waals surface area contributed by atoms with Gasteiger partial charge in [-0.05, 0) is 108 Å². The molecule has 2 aromatic carbocycles. The number of hydrogen-bond acceptors (Lipinski definition) is 5. The van der Waals surface area contributed by atoms with Crippen molar-refractivity contribution in [2.24, 2.45) is 0 Å². The fourth-order valence-electron chi connectivity index (χ4n) is 4.86. The van der Waals surface area contributed by atoms with Crippen LogP contribution >= 0.6 is 0 Å². The fourth-order valence-corrected chi connectivity index (χ4v) is 4.86. The largest absolute Gasteiger partial charge is 0.397 e. The Labute approximate surface area is 246 Å². The summed E-state index contributed by atoms with van der Waals surface area (Å²) in [5, 5.41) is 6.64. The van der Waals surface area contributed by atoms with E-state index in [1.807, 2.05) is 61.5 Å². The normalized spacial score (nSPS) is 17.0. The molecule has 0 bridgehead atoms. The summed E-state index contributed by atoms with van der Waals surface area (Å²) in [4.78, 5) is 27.1. The second kappa shape index (κ2) is 15.2. The standard InChI is InChI=1S/C29H38N4O.C5H9NO/c1-6-7-22(9-8-21(2)3)24-12-15-26(30)27(20-24)31-28(34)23-10-13-25(14-11-23)32-29(4)16-18-33(5)19-17-29;7-5-6-3-1-2-4-6/h6-15,20,32H,16-19,30H2,1-5H3,(H,31,34);5H,1-4H2/b7-6-,22-9+;. The number of anilines is 3. The predicted molar refractivity (Wildman–Crippen MR) is 173 cm³/mol. The number of carbonyl (C=O) groups is 2. The Hall–Kier alpha value is -3.84. The molecule has 4 rings (SSSR count). The Morgan fingerprint density at radius 3 is 2.15 bits per heavy atom. The molecule has 0 unspecified atom stereocenters. The molecule has 41 heavy (non-hydrogen) atoms. The summed E-state index contributed by atoms with van der Waals surface area (Å²) in [6.45, 7) is 12.5. The van der Waals surface area contributed by atoms with Gasteiger partial charge in [-0.2, -0.15) is 0 Å². The number of hydrogen-bond donors (Lipinski definition) is 3. The molecule has 7 heteroatoms. The molecule has 220 valence electrons. The number of allylic oxidation sites excluding steroid dienone is 6. The maximum atomic E-state index is 13.0. The molecule has 2 saturated heterocycles. The van der Waals surface area contributed by atoms with E-state index in [0.717, 1.165) is 62.3 Å². The van der Waals surface area contributed by atoms with Crippen LogP contribution in [-0.4, -0.2) is 60.9 Å². The van der Waals surface area contributed by atoms with Crippen molar-refractivity contribution in [3.63, 3.8) is 0 Å². The number of amides is 2. The van der Waals surface area contributed by atoms with E-state index in [1.54, 1.807) is 4.90 Å². The van der Waals surface area contributed by atoms with Crippen molar-refractivity contribution in [2.45, 2.75) is 58.9 Å². The summed E-state index contributed by atoms with van der Waals surface area (Å²) in [5.41, 5.74) is 12.3. The fraction of sp³-hybridized carbons (Fsp3) is 0.412. The van der Waals surface area contributed by atoms with Gasteiger partial charge in [0.15, 0.2) is 0 Å². The average Bonchev–Trinajstić information content (AvgIpc) is 3.49. The maximum absolute atomic E-state index is 13.0. The van der Waals surface area contributed by atoms with Gasteiger partial charge in [0.25, 0.3) is 5.91 Å². The highest BCUT2D eigenvalue weighted by atomic mass is 16.1. The Morgan fingerprint density at radius 1 is 0.951 bits per heavy atom. The van der Waals surface area contributed by atoms with Crippen molar-refractivity contribution < 1.29 is 9.59 Å². The first-order valence-corrected chi connectivity index (χ1v) is 14.6. The summed E-state index contributed by atoms with van der Waals surface area (Å²) >= 11 is 0. The third kappa shape index (κ3) is 9.94. The topological polar surface area (TPSA) is 90.7 Å². The highest BCUT2D eigenvalue weighted by Gasteiger charge is 2.28. The number of nitrogen functional groups attached to an aromatic ring is 1. The lowest BCUT2D eigenvalue weighted by molar-refractivity contribution is -0.117. The van der Waals surface area contributed by atoms with E-state index in [0.29, 0.717) is 16.9 Å². The molecule has 0 spiro atoms. The Kier molecular flexibility index (Phi) is 11.8. The van der Waals surface area contributed by atoms with E-state index >= 15 is 0 Å². The van der Waals surface area contributed by atoms with Crippen LogP contribution in [0, 0.1) is 0 Å². The minimum absolute atomic E-state index is 0.0782. The number of nitrogens with two attached hydrogens (primary N) is 1. The first-order chi connectivity index (χ1) is 19.6. The lowest BCUT2D eigenvalue weighted by Gasteiger charge is -2.39. The third-order valence-corrected chi connectivity index (χ3v) is 7.55. The Morgan fingerprint density at radius 2 is 1.59 bits per heavy atom. The van der Waals surface area contributed by atoms with E-state index in [4.69, 9.17) is 5.73 Å². The number of nitrogens with zero attached hydrogens (tertiary/aromatic N) is 2. The van der Waals surface area contributed by atoms with E-state index in [-0.39, 0.29) is 11.4 Å². The van der Waals surface area contributed by atoms with Crippen molar-refractivity contribution in [1.29, 1.82) is 0 Å². The first-order valence-electron chi connectivity index (χ1n) is 14.6. The summed E-state index contributed by atoms with van der Waals surface area (Å²) in [7, 11) is 2.16. The van der Waals surface area contributed by atoms with Crippen LogP contribution in [0.2, 0.25) is 0 Å². The van der Waals surface area contributed by atoms with Gasteiger partial charge in [-0.3, -0.25) is 9.59 Å². The summed E-state index contributed by atoms with van der Waals surface area (Å²) in [6, 6.07) is 13.4. The predicted octanol–water partition coefficient (Wildman–Crippen LogP) is 6.58. The number of benzene rings is 2. The number of rotatable bonds is 8. The minimum atomic E-state index is -0.179. The second-order valence-corrected chi connectivity index (χ2v) is 11.5. The molecule has 2 fully saturated rings. The monoisotopic (exact) mass is 557 g/mol. The quantitative estimate of drug-likeness (QED) is 0.194. The Balaban J connectivity index is 0.000000575. The van der Waals surface area contributed by atoms with E-state index in [2.05, 4.69) is 55.5 Å². The Bertz CT molecular complexity index is 1240. The molecule has 4 N–H and O–H groups in total. The van der Waals surface area contributed by atoms with Crippen LogP contribution in [0.25, 0.3) is 5.57 Å². The van der Waals surface area contributed by atoms with Gasteiger partial charge in [-0.1, -0.05) is 35.9 Å². The average molecular weight is 558 g/mol. The van der Waals surface area contributed by atoms with Crippen molar-refractivity contribution in [3.05, 3.63) is 83.5 Å². The molecule has 2 heterocycles. The maximum Gasteiger partial charge on any atom is 0.255 e. The minimum Gasteiger partial charge on any atom is -0.397 e. The number of piperidine rings is 1. The van der Waals surface area contributed by atoms with Crippen LogP contribution < -0.4 is 16.4 Å². The van der Waals surface area contributed by atoms with Crippen LogP contribution in [-0.2, 0) is 4.79 Å². The smallest absolute Gasteiger partial charge is 0.255 e. The van der Waals surface area contributed by atoms with Crippen molar-refractivity contribution >= 4 is 35.0 Å². The van der Waals surface area contributed by atoms with Crippen molar-refractivity contribution in [3.8, 4) is 0 Å². The van der Waals surface area contributed by atoms with Gasteiger partial charge in [0.1, 0.15) is 0 Å². The van der Waals surface area contributed by atoms with Crippen LogP contribution in [0.15, 0.2) is 72.3 Å². The van der Waals surface area contributed by atoms with Crippen LogP contribution in [0.1, 0.15) is 69.3 Å².